The summed E-state index contributed by atoms with van der Waals surface area (Å²) in [4.78, 5) is 27.3. The molecule has 6 nitrogen and oxygen atoms in total. The van der Waals surface area contributed by atoms with E-state index < -0.39 is 0 Å². The second kappa shape index (κ2) is 10.2. The number of aromatic nitrogens is 2. The lowest BCUT2D eigenvalue weighted by atomic mass is 9.92. The van der Waals surface area contributed by atoms with Gasteiger partial charge in [0.05, 0.1) is 21.4 Å². The number of likely N-dealkylation sites (N-methyl/N-ethyl adjacent to an activating group) is 1. The van der Waals surface area contributed by atoms with Crippen LogP contribution in [0.4, 0.5) is 5.82 Å². The fourth-order valence-electron chi connectivity index (χ4n) is 3.11. The molecule has 0 saturated heterocycles. The molecule has 3 rings (SSSR count). The molecule has 1 aromatic heterocycles. The molecule has 1 N–H and O–H groups in total. The third kappa shape index (κ3) is 6.08. The van der Waals surface area contributed by atoms with Gasteiger partial charge in [-0.1, -0.05) is 55.6 Å². The monoisotopic (exact) mass is 506 g/mol. The van der Waals surface area contributed by atoms with Gasteiger partial charge in [-0.25, -0.2) is 4.68 Å². The number of amides is 2. The lowest BCUT2D eigenvalue weighted by Gasteiger charge is -2.21. The summed E-state index contributed by atoms with van der Waals surface area (Å²) >= 11 is 18.0. The van der Waals surface area contributed by atoms with E-state index in [0.29, 0.717) is 28.0 Å². The Balaban J connectivity index is 1.83. The van der Waals surface area contributed by atoms with Crippen LogP contribution in [0.15, 0.2) is 48.5 Å². The number of nitrogens with one attached hydrogen (secondary N) is 1. The van der Waals surface area contributed by atoms with E-state index in [2.05, 4.69) is 10.4 Å². The number of benzene rings is 2. The number of halogens is 3. The topological polar surface area (TPSA) is 67.2 Å². The fourth-order valence-corrected chi connectivity index (χ4v) is 3.53. The molecule has 0 spiro atoms. The maximum absolute atomic E-state index is 12.9. The number of anilines is 1. The Morgan fingerprint density at radius 3 is 2.24 bits per heavy atom. The van der Waals surface area contributed by atoms with Crippen molar-refractivity contribution in [3.05, 3.63) is 74.9 Å². The van der Waals surface area contributed by atoms with E-state index >= 15 is 0 Å². The summed E-state index contributed by atoms with van der Waals surface area (Å²) in [6, 6.07) is 13.6. The zero-order valence-corrected chi connectivity index (χ0v) is 21.1. The van der Waals surface area contributed by atoms with Crippen LogP contribution in [0.25, 0.3) is 5.69 Å². The van der Waals surface area contributed by atoms with Crippen LogP contribution in [-0.2, 0) is 10.2 Å². The Labute approximate surface area is 208 Å². The van der Waals surface area contributed by atoms with Crippen molar-refractivity contribution in [1.82, 2.24) is 14.7 Å². The largest absolute Gasteiger partial charge is 0.330 e. The molecule has 0 saturated carbocycles. The second-order valence-corrected chi connectivity index (χ2v) is 9.80. The Hall–Kier alpha value is -2.54. The number of carbonyl (C=O) groups excluding carboxylic acids is 2. The average Bonchev–Trinajstić information content (AvgIpc) is 3.18. The van der Waals surface area contributed by atoms with Crippen LogP contribution < -0.4 is 5.32 Å². The Morgan fingerprint density at radius 2 is 1.67 bits per heavy atom. The van der Waals surface area contributed by atoms with E-state index in [1.54, 1.807) is 35.9 Å². The van der Waals surface area contributed by atoms with Crippen LogP contribution in [0.5, 0.6) is 0 Å². The fraction of sp³-hybridized carbons (Fsp3) is 0.292. The van der Waals surface area contributed by atoms with E-state index in [1.165, 1.54) is 11.0 Å². The second-order valence-electron chi connectivity index (χ2n) is 8.55. The lowest BCUT2D eigenvalue weighted by molar-refractivity contribution is -0.116. The maximum atomic E-state index is 12.9. The zero-order chi connectivity index (χ0) is 24.3. The van der Waals surface area contributed by atoms with Gasteiger partial charge in [0.1, 0.15) is 12.4 Å². The van der Waals surface area contributed by atoms with Gasteiger partial charge in [0.15, 0.2) is 0 Å². The normalized spacial score (nSPS) is 11.4. The van der Waals surface area contributed by atoms with E-state index in [-0.39, 0.29) is 28.8 Å². The van der Waals surface area contributed by atoms with Crippen molar-refractivity contribution >= 4 is 52.4 Å². The number of hydrogen-bond acceptors (Lipinski definition) is 3. The van der Waals surface area contributed by atoms with Crippen LogP contribution in [0.1, 0.15) is 43.7 Å². The first-order chi connectivity index (χ1) is 15.5. The van der Waals surface area contributed by atoms with Gasteiger partial charge in [-0.15, -0.1) is 0 Å². The molecule has 0 aliphatic rings. The van der Waals surface area contributed by atoms with Crippen molar-refractivity contribution in [2.75, 3.05) is 18.4 Å². The maximum Gasteiger partial charge on any atom is 0.254 e. The first kappa shape index (κ1) is 25.1. The summed E-state index contributed by atoms with van der Waals surface area (Å²) in [6.07, 6.45) is 0. The molecule has 2 amide bonds. The van der Waals surface area contributed by atoms with Crippen molar-refractivity contribution in [3.8, 4) is 5.69 Å². The van der Waals surface area contributed by atoms with Crippen molar-refractivity contribution in [1.29, 1.82) is 0 Å². The molecule has 1 heterocycles. The van der Waals surface area contributed by atoms with Crippen molar-refractivity contribution in [2.24, 2.45) is 0 Å². The highest BCUT2D eigenvalue weighted by Gasteiger charge is 2.23. The third-order valence-corrected chi connectivity index (χ3v) is 5.98. The van der Waals surface area contributed by atoms with Crippen LogP contribution >= 0.6 is 34.8 Å². The van der Waals surface area contributed by atoms with Gasteiger partial charge in [0.2, 0.25) is 5.91 Å². The van der Waals surface area contributed by atoms with Gasteiger partial charge < -0.3 is 10.2 Å². The molecule has 0 unspecified atom stereocenters. The zero-order valence-electron chi connectivity index (χ0n) is 18.8. The van der Waals surface area contributed by atoms with Gasteiger partial charge >= 0.3 is 0 Å². The quantitative estimate of drug-likeness (QED) is 0.430. The van der Waals surface area contributed by atoms with Crippen molar-refractivity contribution < 1.29 is 9.59 Å². The minimum atomic E-state index is -0.346. The van der Waals surface area contributed by atoms with Gasteiger partial charge in [-0.05, 0) is 49.4 Å². The van der Waals surface area contributed by atoms with E-state index in [9.17, 15) is 9.59 Å². The molecule has 9 heteroatoms. The lowest BCUT2D eigenvalue weighted by Crippen LogP contribution is -2.38. The van der Waals surface area contributed by atoms with Crippen LogP contribution in [0.2, 0.25) is 15.1 Å². The predicted octanol–water partition coefficient (Wildman–Crippen LogP) is 6.23. The average molecular weight is 508 g/mol. The SMILES string of the molecule is CCN(CC(=O)Nc1cc(C(C)(C)C)nn1-c1ccc(Cl)cc1)C(=O)c1ccc(Cl)c(Cl)c1. The first-order valence-electron chi connectivity index (χ1n) is 10.4. The predicted molar refractivity (Wildman–Crippen MR) is 134 cm³/mol. The standard InChI is InChI=1S/C24H25Cl3N4O2/c1-5-30(23(33)15-6-11-18(26)19(27)12-15)14-22(32)28-21-13-20(24(2,3)4)29-31(21)17-9-7-16(25)8-10-17/h6-13H,5,14H2,1-4H3,(H,28,32). The van der Waals surface area contributed by atoms with Crippen molar-refractivity contribution in [2.45, 2.75) is 33.1 Å². The third-order valence-electron chi connectivity index (χ3n) is 4.99. The Kier molecular flexibility index (Phi) is 7.73. The first-order valence-corrected chi connectivity index (χ1v) is 11.5. The molecule has 0 aliphatic heterocycles. The summed E-state index contributed by atoms with van der Waals surface area (Å²) in [5.41, 5.74) is 1.70. The molecule has 2 aromatic carbocycles. The van der Waals surface area contributed by atoms with Gasteiger partial charge in [0, 0.05) is 28.6 Å². The number of carbonyl (C=O) groups is 2. The van der Waals surface area contributed by atoms with Crippen LogP contribution in [0, 0.1) is 0 Å². The summed E-state index contributed by atoms with van der Waals surface area (Å²) in [7, 11) is 0. The number of rotatable bonds is 6. The minimum absolute atomic E-state index is 0.133. The summed E-state index contributed by atoms with van der Waals surface area (Å²) in [5, 5.41) is 8.83. The molecule has 3 aromatic rings. The highest BCUT2D eigenvalue weighted by atomic mass is 35.5. The summed E-state index contributed by atoms with van der Waals surface area (Å²) in [6.45, 7) is 8.15. The highest BCUT2D eigenvalue weighted by molar-refractivity contribution is 6.42. The van der Waals surface area contributed by atoms with Gasteiger partial charge in [0.25, 0.3) is 5.91 Å². The highest BCUT2D eigenvalue weighted by Crippen LogP contribution is 2.27. The van der Waals surface area contributed by atoms with E-state index in [4.69, 9.17) is 34.8 Å². The molecular weight excluding hydrogens is 483 g/mol. The van der Waals surface area contributed by atoms with Gasteiger partial charge in [-0.2, -0.15) is 5.10 Å². The molecule has 0 fully saturated rings. The van der Waals surface area contributed by atoms with Gasteiger partial charge in [-0.3, -0.25) is 9.59 Å². The van der Waals surface area contributed by atoms with Crippen LogP contribution in [0.3, 0.4) is 0 Å². The molecule has 0 aliphatic carbocycles. The van der Waals surface area contributed by atoms with Crippen molar-refractivity contribution in [3.63, 3.8) is 0 Å². The smallest absolute Gasteiger partial charge is 0.254 e. The molecule has 174 valence electrons. The molecule has 0 radical (unpaired) electrons. The Bertz CT molecular complexity index is 1170. The molecule has 0 atom stereocenters. The number of nitrogens with zero attached hydrogens (tertiary/aromatic N) is 3. The minimum Gasteiger partial charge on any atom is -0.330 e. The molecule has 33 heavy (non-hydrogen) atoms. The van der Waals surface area contributed by atoms with E-state index in [0.717, 1.165) is 11.4 Å². The summed E-state index contributed by atoms with van der Waals surface area (Å²) in [5.74, 6) is -0.154. The van der Waals surface area contributed by atoms with E-state index in [1.807, 2.05) is 39.0 Å². The molecule has 0 bridgehead atoms. The Morgan fingerprint density at radius 1 is 1.00 bits per heavy atom. The number of hydrogen-bond donors (Lipinski definition) is 1. The molecular formula is C24H25Cl3N4O2. The van der Waals surface area contributed by atoms with Crippen LogP contribution in [-0.4, -0.2) is 39.6 Å². The summed E-state index contributed by atoms with van der Waals surface area (Å²) < 4.78 is 1.66.